The maximum Gasteiger partial charge on any atom is 0.278 e. The summed E-state index contributed by atoms with van der Waals surface area (Å²) in [6.45, 7) is 0.495. The molecule has 8 heteroatoms. The summed E-state index contributed by atoms with van der Waals surface area (Å²) >= 11 is 0. The van der Waals surface area contributed by atoms with Gasteiger partial charge in [-0.25, -0.2) is 0 Å². The van der Waals surface area contributed by atoms with Crippen LogP contribution in [0.5, 0.6) is 5.75 Å². The van der Waals surface area contributed by atoms with Crippen LogP contribution in [0.4, 0.5) is 5.69 Å². The average Bonchev–Trinajstić information content (AvgIpc) is 2.98. The van der Waals surface area contributed by atoms with Gasteiger partial charge in [-0.15, -0.1) is 0 Å². The van der Waals surface area contributed by atoms with E-state index in [-0.39, 0.29) is 36.9 Å². The van der Waals surface area contributed by atoms with Crippen LogP contribution >= 0.6 is 0 Å². The Morgan fingerprint density at radius 2 is 2.17 bits per heavy atom. The standard InChI is InChI=1S/C15H19NO7/c1-19-11-5-3-4-10(16(17)18)9(11)7-21-12-6-13(20-2)15-22-8-14(12)23-15/h3-5,12-15H,6-8H2,1-2H3/t12-,13+,14+,15+/m0/s1. The number of hydrogen-bond donors (Lipinski definition) is 0. The highest BCUT2D eigenvalue weighted by atomic mass is 16.7. The lowest BCUT2D eigenvalue weighted by molar-refractivity contribution is -0.386. The van der Waals surface area contributed by atoms with Crippen LogP contribution in [0.15, 0.2) is 18.2 Å². The van der Waals surface area contributed by atoms with Crippen LogP contribution in [0.3, 0.4) is 0 Å². The zero-order valence-electron chi connectivity index (χ0n) is 13.0. The van der Waals surface area contributed by atoms with Gasteiger partial charge >= 0.3 is 0 Å². The van der Waals surface area contributed by atoms with Crippen molar-refractivity contribution in [2.75, 3.05) is 20.8 Å². The smallest absolute Gasteiger partial charge is 0.278 e. The Morgan fingerprint density at radius 1 is 1.35 bits per heavy atom. The van der Waals surface area contributed by atoms with Gasteiger partial charge in [0, 0.05) is 19.6 Å². The van der Waals surface area contributed by atoms with Crippen LogP contribution < -0.4 is 4.74 Å². The third-order valence-electron chi connectivity index (χ3n) is 4.19. The third-order valence-corrected chi connectivity index (χ3v) is 4.19. The monoisotopic (exact) mass is 325 g/mol. The highest BCUT2D eigenvalue weighted by Crippen LogP contribution is 2.34. The lowest BCUT2D eigenvalue weighted by atomic mass is 10.0. The molecule has 0 spiro atoms. The molecule has 0 amide bonds. The van der Waals surface area contributed by atoms with E-state index in [0.717, 1.165) is 0 Å². The number of nitro benzene ring substituents is 1. The summed E-state index contributed by atoms with van der Waals surface area (Å²) in [5.41, 5.74) is 0.389. The fourth-order valence-corrected chi connectivity index (χ4v) is 2.96. The number of benzene rings is 1. The average molecular weight is 325 g/mol. The largest absolute Gasteiger partial charge is 0.496 e. The molecule has 1 aromatic carbocycles. The number of ether oxygens (including phenoxy) is 5. The molecule has 2 aliphatic heterocycles. The quantitative estimate of drug-likeness (QED) is 0.580. The zero-order valence-corrected chi connectivity index (χ0v) is 13.0. The fourth-order valence-electron chi connectivity index (χ4n) is 2.96. The van der Waals surface area contributed by atoms with Gasteiger partial charge in [-0.1, -0.05) is 6.07 Å². The van der Waals surface area contributed by atoms with Crippen LogP contribution in [0, 0.1) is 10.1 Å². The lowest BCUT2D eigenvalue weighted by Crippen LogP contribution is -2.44. The van der Waals surface area contributed by atoms with Crippen molar-refractivity contribution in [1.29, 1.82) is 0 Å². The predicted molar refractivity (Wildman–Crippen MR) is 78.3 cm³/mol. The van der Waals surface area contributed by atoms with Gasteiger partial charge in [0.05, 0.1) is 36.9 Å². The molecule has 0 aromatic heterocycles. The number of hydrogen-bond acceptors (Lipinski definition) is 7. The molecule has 2 aliphatic rings. The van der Waals surface area contributed by atoms with Crippen molar-refractivity contribution in [3.05, 3.63) is 33.9 Å². The Hall–Kier alpha value is -1.74. The van der Waals surface area contributed by atoms with E-state index in [4.69, 9.17) is 23.7 Å². The minimum atomic E-state index is -0.439. The second-order valence-electron chi connectivity index (χ2n) is 5.45. The fraction of sp³-hybridized carbons (Fsp3) is 0.600. The summed E-state index contributed by atoms with van der Waals surface area (Å²) in [4.78, 5) is 10.8. The van der Waals surface area contributed by atoms with Crippen molar-refractivity contribution in [2.45, 2.75) is 37.6 Å². The number of methoxy groups -OCH3 is 2. The van der Waals surface area contributed by atoms with E-state index in [9.17, 15) is 10.1 Å². The molecule has 0 aliphatic carbocycles. The van der Waals surface area contributed by atoms with E-state index in [0.29, 0.717) is 24.3 Å². The van der Waals surface area contributed by atoms with Crippen molar-refractivity contribution >= 4 is 5.69 Å². The van der Waals surface area contributed by atoms with Crippen LogP contribution in [0.25, 0.3) is 0 Å². The molecule has 0 N–H and O–H groups in total. The summed E-state index contributed by atoms with van der Waals surface area (Å²) < 4.78 is 27.7. The third kappa shape index (κ3) is 3.16. The first-order valence-electron chi connectivity index (χ1n) is 7.35. The maximum atomic E-state index is 11.2. The molecule has 0 unspecified atom stereocenters. The summed E-state index contributed by atoms with van der Waals surface area (Å²) in [7, 11) is 3.07. The Labute approximate surface area is 133 Å². The first-order valence-corrected chi connectivity index (χ1v) is 7.35. The molecular weight excluding hydrogens is 306 g/mol. The van der Waals surface area contributed by atoms with Crippen LogP contribution in [0.2, 0.25) is 0 Å². The van der Waals surface area contributed by atoms with Crippen LogP contribution in [0.1, 0.15) is 12.0 Å². The van der Waals surface area contributed by atoms with Crippen LogP contribution in [-0.4, -0.2) is 50.4 Å². The number of nitro groups is 1. The van der Waals surface area contributed by atoms with Gasteiger partial charge < -0.3 is 23.7 Å². The number of fused-ring (bicyclic) bond motifs is 2. The minimum Gasteiger partial charge on any atom is -0.496 e. The van der Waals surface area contributed by atoms with Crippen molar-refractivity contribution in [3.8, 4) is 5.75 Å². The topological polar surface area (TPSA) is 89.3 Å². The molecule has 23 heavy (non-hydrogen) atoms. The normalized spacial score (nSPS) is 29.5. The Bertz CT molecular complexity index is 579. The first-order chi connectivity index (χ1) is 11.1. The van der Waals surface area contributed by atoms with E-state index < -0.39 is 4.92 Å². The molecule has 2 bridgehead atoms. The molecule has 4 atom stereocenters. The molecule has 2 heterocycles. The van der Waals surface area contributed by atoms with Crippen LogP contribution in [-0.2, 0) is 25.6 Å². The highest BCUT2D eigenvalue weighted by Gasteiger charge is 2.45. The first kappa shape index (κ1) is 16.1. The molecule has 0 radical (unpaired) electrons. The summed E-state index contributed by atoms with van der Waals surface area (Å²) in [6, 6.07) is 4.70. The van der Waals surface area contributed by atoms with E-state index in [2.05, 4.69) is 0 Å². The molecule has 8 nitrogen and oxygen atoms in total. The number of rotatable bonds is 6. The Kier molecular flexibility index (Phi) is 4.76. The van der Waals surface area contributed by atoms with Gasteiger partial charge in [-0.2, -0.15) is 0 Å². The van der Waals surface area contributed by atoms with Crippen molar-refractivity contribution in [1.82, 2.24) is 0 Å². The molecule has 1 aromatic rings. The molecule has 0 saturated carbocycles. The second kappa shape index (κ2) is 6.79. The van der Waals surface area contributed by atoms with Crippen molar-refractivity contribution in [3.63, 3.8) is 0 Å². The molecule has 2 fully saturated rings. The van der Waals surface area contributed by atoms with E-state index in [1.807, 2.05) is 0 Å². The zero-order chi connectivity index (χ0) is 16.4. The maximum absolute atomic E-state index is 11.2. The summed E-state index contributed by atoms with van der Waals surface area (Å²) in [5.74, 6) is 0.430. The van der Waals surface area contributed by atoms with Gasteiger partial charge in [0.25, 0.3) is 5.69 Å². The van der Waals surface area contributed by atoms with Gasteiger partial charge in [-0.05, 0) is 6.07 Å². The Balaban J connectivity index is 1.74. The highest BCUT2D eigenvalue weighted by molar-refractivity contribution is 5.49. The molecule has 3 rings (SSSR count). The van der Waals surface area contributed by atoms with Crippen molar-refractivity contribution < 1.29 is 28.6 Å². The summed E-state index contributed by atoms with van der Waals surface area (Å²) in [6.07, 6.45) is -0.366. The molecule has 2 saturated heterocycles. The van der Waals surface area contributed by atoms with Gasteiger partial charge in [0.2, 0.25) is 0 Å². The minimum absolute atomic E-state index is 0.0232. The number of nitrogens with zero attached hydrogens (tertiary/aromatic N) is 1. The van der Waals surface area contributed by atoms with E-state index in [1.54, 1.807) is 19.2 Å². The second-order valence-corrected chi connectivity index (χ2v) is 5.45. The van der Waals surface area contributed by atoms with E-state index in [1.165, 1.54) is 13.2 Å². The lowest BCUT2D eigenvalue weighted by Gasteiger charge is -2.32. The summed E-state index contributed by atoms with van der Waals surface area (Å²) in [5, 5.41) is 11.2. The molecular formula is C15H19NO7. The van der Waals surface area contributed by atoms with Crippen molar-refractivity contribution in [2.24, 2.45) is 0 Å². The van der Waals surface area contributed by atoms with Gasteiger partial charge in [-0.3, -0.25) is 10.1 Å². The predicted octanol–water partition coefficient (Wildman–Crippen LogP) is 1.65. The van der Waals surface area contributed by atoms with Gasteiger partial charge in [0.1, 0.15) is 18.0 Å². The Morgan fingerprint density at radius 3 is 2.87 bits per heavy atom. The molecule has 126 valence electrons. The van der Waals surface area contributed by atoms with E-state index >= 15 is 0 Å². The SMILES string of the molecule is COc1cccc([N+](=O)[O-])c1CO[C@H]1C[C@@H](OC)[C@@H]2OC[C@H]1O2. The van der Waals surface area contributed by atoms with Gasteiger partial charge in [0.15, 0.2) is 6.29 Å².